The second-order valence-electron chi connectivity index (χ2n) is 5.18. The fourth-order valence-electron chi connectivity index (χ4n) is 2.19. The van der Waals surface area contributed by atoms with E-state index in [2.05, 4.69) is 0 Å². The van der Waals surface area contributed by atoms with Crippen LogP contribution in [0.25, 0.3) is 0 Å². The second-order valence-corrected chi connectivity index (χ2v) is 5.18. The summed E-state index contributed by atoms with van der Waals surface area (Å²) in [5.74, 6) is -0.758. The van der Waals surface area contributed by atoms with Gasteiger partial charge in [-0.2, -0.15) is 0 Å². The average Bonchev–Trinajstić information content (AvgIpc) is 2.76. The zero-order valence-corrected chi connectivity index (χ0v) is 10.7. The van der Waals surface area contributed by atoms with Gasteiger partial charge in [0.15, 0.2) is 0 Å². The van der Waals surface area contributed by atoms with Crippen LogP contribution < -0.4 is 11.5 Å². The zero-order chi connectivity index (χ0) is 14.2. The predicted octanol–water partition coefficient (Wildman–Crippen LogP) is 0.312. The number of nitrogen functional groups attached to an aromatic ring is 1. The molecule has 19 heavy (non-hydrogen) atoms. The van der Waals surface area contributed by atoms with Crippen molar-refractivity contribution in [2.45, 2.75) is 13.3 Å². The van der Waals surface area contributed by atoms with Crippen LogP contribution in [0.5, 0.6) is 5.75 Å². The van der Waals surface area contributed by atoms with Gasteiger partial charge in [0.1, 0.15) is 5.75 Å². The number of hydrogen-bond acceptors (Lipinski definition) is 4. The lowest BCUT2D eigenvalue weighted by Crippen LogP contribution is -2.38. The van der Waals surface area contributed by atoms with E-state index in [1.54, 1.807) is 17.9 Å². The first-order chi connectivity index (χ1) is 8.83. The molecule has 102 valence electrons. The summed E-state index contributed by atoms with van der Waals surface area (Å²) in [5.41, 5.74) is 10.7. The van der Waals surface area contributed by atoms with Gasteiger partial charge >= 0.3 is 0 Å². The first kappa shape index (κ1) is 13.2. The Morgan fingerprint density at radius 2 is 2.11 bits per heavy atom. The average molecular weight is 263 g/mol. The van der Waals surface area contributed by atoms with Crippen LogP contribution in [-0.4, -0.2) is 34.9 Å². The minimum absolute atomic E-state index is 0.122. The van der Waals surface area contributed by atoms with Crippen molar-refractivity contribution in [2.24, 2.45) is 11.1 Å². The molecule has 0 aromatic heterocycles. The molecule has 0 aliphatic carbocycles. The number of nitrogens with two attached hydrogens (primary N) is 2. The Morgan fingerprint density at radius 3 is 2.63 bits per heavy atom. The zero-order valence-electron chi connectivity index (χ0n) is 10.7. The SMILES string of the molecule is CC1(C(N)=O)CCN(C(=O)c2ccc(N)c(O)c2)C1. The van der Waals surface area contributed by atoms with Crippen LogP contribution in [0.2, 0.25) is 0 Å². The Morgan fingerprint density at radius 1 is 1.42 bits per heavy atom. The van der Waals surface area contributed by atoms with E-state index in [0.29, 0.717) is 25.1 Å². The number of aromatic hydroxyl groups is 1. The van der Waals surface area contributed by atoms with Crippen molar-refractivity contribution in [1.82, 2.24) is 4.90 Å². The lowest BCUT2D eigenvalue weighted by atomic mass is 9.89. The maximum Gasteiger partial charge on any atom is 0.254 e. The molecule has 1 atom stereocenters. The van der Waals surface area contributed by atoms with Crippen molar-refractivity contribution >= 4 is 17.5 Å². The van der Waals surface area contributed by atoms with Gasteiger partial charge in [-0.05, 0) is 31.5 Å². The van der Waals surface area contributed by atoms with E-state index in [9.17, 15) is 14.7 Å². The molecule has 0 radical (unpaired) electrons. The Labute approximate surface area is 111 Å². The number of likely N-dealkylation sites (tertiary alicyclic amines) is 1. The van der Waals surface area contributed by atoms with Gasteiger partial charge in [-0.15, -0.1) is 0 Å². The summed E-state index contributed by atoms with van der Waals surface area (Å²) in [6.07, 6.45) is 0.551. The molecule has 0 spiro atoms. The smallest absolute Gasteiger partial charge is 0.254 e. The van der Waals surface area contributed by atoms with Crippen molar-refractivity contribution in [3.63, 3.8) is 0 Å². The molecule has 1 saturated heterocycles. The third-order valence-corrected chi connectivity index (χ3v) is 3.63. The monoisotopic (exact) mass is 263 g/mol. The quantitative estimate of drug-likeness (QED) is 0.527. The number of rotatable bonds is 2. The lowest BCUT2D eigenvalue weighted by molar-refractivity contribution is -0.126. The number of phenols is 1. The Kier molecular flexibility index (Phi) is 3.09. The standard InChI is InChI=1S/C13H17N3O3/c1-13(12(15)19)4-5-16(7-13)11(18)8-2-3-9(14)10(17)6-8/h2-3,6,17H,4-5,7,14H2,1H3,(H2,15,19). The number of anilines is 1. The molecule has 0 saturated carbocycles. The molecule has 1 aliphatic heterocycles. The van der Waals surface area contributed by atoms with Gasteiger partial charge in [0, 0.05) is 18.7 Å². The topological polar surface area (TPSA) is 110 Å². The Balaban J connectivity index is 2.18. The number of amides is 2. The summed E-state index contributed by atoms with van der Waals surface area (Å²) in [7, 11) is 0. The highest BCUT2D eigenvalue weighted by Crippen LogP contribution is 2.31. The van der Waals surface area contributed by atoms with Crippen LogP contribution in [0.4, 0.5) is 5.69 Å². The van der Waals surface area contributed by atoms with Crippen LogP contribution in [0.15, 0.2) is 18.2 Å². The number of primary amides is 1. The van der Waals surface area contributed by atoms with Crippen LogP contribution in [0.1, 0.15) is 23.7 Å². The Bertz CT molecular complexity index is 544. The molecule has 1 fully saturated rings. The second kappa shape index (κ2) is 4.46. The molecule has 1 aromatic rings. The maximum atomic E-state index is 12.2. The van der Waals surface area contributed by atoms with Crippen LogP contribution in [-0.2, 0) is 4.79 Å². The van der Waals surface area contributed by atoms with E-state index >= 15 is 0 Å². The van der Waals surface area contributed by atoms with Gasteiger partial charge in [-0.1, -0.05) is 0 Å². The fraction of sp³-hybridized carbons (Fsp3) is 0.385. The van der Waals surface area contributed by atoms with Crippen molar-refractivity contribution in [1.29, 1.82) is 0 Å². The summed E-state index contributed by atoms with van der Waals surface area (Å²) in [4.78, 5) is 25.2. The van der Waals surface area contributed by atoms with Crippen LogP contribution in [0.3, 0.4) is 0 Å². The minimum Gasteiger partial charge on any atom is -0.506 e. The Hall–Kier alpha value is -2.24. The fourth-order valence-corrected chi connectivity index (χ4v) is 2.19. The van der Waals surface area contributed by atoms with Gasteiger partial charge in [-0.3, -0.25) is 9.59 Å². The van der Waals surface area contributed by atoms with E-state index in [4.69, 9.17) is 11.5 Å². The molecule has 2 amide bonds. The third kappa shape index (κ3) is 2.33. The van der Waals surface area contributed by atoms with Gasteiger partial charge in [0.25, 0.3) is 5.91 Å². The van der Waals surface area contributed by atoms with E-state index in [0.717, 1.165) is 0 Å². The highest BCUT2D eigenvalue weighted by atomic mass is 16.3. The number of carbonyl (C=O) groups excluding carboxylic acids is 2. The highest BCUT2D eigenvalue weighted by Gasteiger charge is 2.40. The molecular formula is C13H17N3O3. The number of benzene rings is 1. The minimum atomic E-state index is -0.675. The summed E-state index contributed by atoms with van der Waals surface area (Å²) in [5, 5.41) is 9.51. The number of phenolic OH excluding ortho intramolecular Hbond substituents is 1. The number of carbonyl (C=O) groups is 2. The molecule has 0 bridgehead atoms. The molecule has 6 nitrogen and oxygen atoms in total. The van der Waals surface area contributed by atoms with E-state index < -0.39 is 11.3 Å². The third-order valence-electron chi connectivity index (χ3n) is 3.63. The van der Waals surface area contributed by atoms with Gasteiger partial charge in [0.05, 0.1) is 11.1 Å². The molecule has 6 heteroatoms. The van der Waals surface area contributed by atoms with Crippen LogP contribution in [0, 0.1) is 5.41 Å². The largest absolute Gasteiger partial charge is 0.506 e. The van der Waals surface area contributed by atoms with Gasteiger partial charge in [-0.25, -0.2) is 0 Å². The molecule has 1 aliphatic rings. The first-order valence-electron chi connectivity index (χ1n) is 6.01. The molecule has 1 unspecified atom stereocenters. The molecule has 5 N–H and O–H groups in total. The summed E-state index contributed by atoms with van der Waals surface area (Å²) < 4.78 is 0. The normalized spacial score (nSPS) is 22.5. The number of nitrogens with zero attached hydrogens (tertiary/aromatic N) is 1. The van der Waals surface area contributed by atoms with E-state index in [-0.39, 0.29) is 17.3 Å². The van der Waals surface area contributed by atoms with Crippen molar-refractivity contribution < 1.29 is 14.7 Å². The molecule has 1 aromatic carbocycles. The highest BCUT2D eigenvalue weighted by molar-refractivity contribution is 5.96. The molecule has 2 rings (SSSR count). The number of hydrogen-bond donors (Lipinski definition) is 3. The van der Waals surface area contributed by atoms with Gasteiger partial charge < -0.3 is 21.5 Å². The predicted molar refractivity (Wildman–Crippen MR) is 70.3 cm³/mol. The summed E-state index contributed by atoms with van der Waals surface area (Å²) in [6, 6.07) is 4.36. The van der Waals surface area contributed by atoms with E-state index in [1.165, 1.54) is 12.1 Å². The van der Waals surface area contributed by atoms with Crippen LogP contribution >= 0.6 is 0 Å². The summed E-state index contributed by atoms with van der Waals surface area (Å²) >= 11 is 0. The van der Waals surface area contributed by atoms with Crippen molar-refractivity contribution in [3.8, 4) is 5.75 Å². The first-order valence-corrected chi connectivity index (χ1v) is 6.01. The van der Waals surface area contributed by atoms with E-state index in [1.807, 2.05) is 0 Å². The molecular weight excluding hydrogens is 246 g/mol. The van der Waals surface area contributed by atoms with Crippen molar-refractivity contribution in [3.05, 3.63) is 23.8 Å². The molecule has 1 heterocycles. The van der Waals surface area contributed by atoms with Crippen molar-refractivity contribution in [2.75, 3.05) is 18.8 Å². The summed E-state index contributed by atoms with van der Waals surface area (Å²) in [6.45, 7) is 2.53. The maximum absolute atomic E-state index is 12.2. The lowest BCUT2D eigenvalue weighted by Gasteiger charge is -2.21. The van der Waals surface area contributed by atoms with Gasteiger partial charge in [0.2, 0.25) is 5.91 Å².